The molecule has 1 saturated carbocycles. The van der Waals surface area contributed by atoms with E-state index in [2.05, 4.69) is 4.98 Å². The Balaban J connectivity index is 1.64. The number of amides is 3. The molecule has 1 saturated heterocycles. The van der Waals surface area contributed by atoms with Gasteiger partial charge in [-0.1, -0.05) is 0 Å². The number of pyridine rings is 1. The normalized spacial score (nSPS) is 18.6. The van der Waals surface area contributed by atoms with Crippen molar-refractivity contribution in [2.75, 3.05) is 4.90 Å². The number of aromatic nitrogens is 1. The van der Waals surface area contributed by atoms with Crippen LogP contribution in [-0.2, 0) is 21.2 Å². The van der Waals surface area contributed by atoms with Crippen LogP contribution in [0.25, 0.3) is 0 Å². The van der Waals surface area contributed by atoms with Crippen LogP contribution in [0.3, 0.4) is 0 Å². The molecule has 2 fully saturated rings. The van der Waals surface area contributed by atoms with Crippen molar-refractivity contribution in [3.8, 4) is 0 Å². The molecule has 1 aromatic carbocycles. The molecular formula is C18H14F3N3O4S. The summed E-state index contributed by atoms with van der Waals surface area (Å²) in [6, 6.07) is 6.37. The Morgan fingerprint density at radius 2 is 1.59 bits per heavy atom. The minimum Gasteiger partial charge on any atom is -0.305 e. The Morgan fingerprint density at radius 3 is 2.10 bits per heavy atom. The minimum atomic E-state index is -5.51. The van der Waals surface area contributed by atoms with Crippen LogP contribution < -0.4 is 4.90 Å². The Bertz CT molecular complexity index is 1080. The number of alkyl halides is 3. The van der Waals surface area contributed by atoms with Crippen molar-refractivity contribution in [2.24, 2.45) is 0 Å². The van der Waals surface area contributed by atoms with E-state index in [0.717, 1.165) is 34.7 Å². The molecule has 0 radical (unpaired) electrons. The second-order valence-electron chi connectivity index (χ2n) is 6.84. The lowest BCUT2D eigenvalue weighted by molar-refractivity contribution is -0.120. The lowest BCUT2D eigenvalue weighted by Crippen LogP contribution is -2.36. The summed E-state index contributed by atoms with van der Waals surface area (Å²) in [5.74, 6) is -0.469. The molecule has 1 aliphatic heterocycles. The van der Waals surface area contributed by atoms with Crippen molar-refractivity contribution in [1.29, 1.82) is 0 Å². The molecule has 0 unspecified atom stereocenters. The molecule has 29 heavy (non-hydrogen) atoms. The SMILES string of the molecule is O=C1N(c2ccc(S(=O)(=O)C(F)(F)F)cc2)C(=O)C2(CC2)N1Cc1ccncc1. The average molecular weight is 425 g/mol. The maximum absolute atomic E-state index is 12.9. The van der Waals surface area contributed by atoms with Crippen LogP contribution in [0.15, 0.2) is 53.7 Å². The van der Waals surface area contributed by atoms with Crippen molar-refractivity contribution >= 4 is 27.5 Å². The number of imide groups is 1. The molecule has 7 nitrogen and oxygen atoms in total. The molecular weight excluding hydrogens is 411 g/mol. The minimum absolute atomic E-state index is 0.0182. The van der Waals surface area contributed by atoms with E-state index in [9.17, 15) is 31.2 Å². The van der Waals surface area contributed by atoms with Gasteiger partial charge >= 0.3 is 11.5 Å². The second-order valence-corrected chi connectivity index (χ2v) is 8.78. The number of anilines is 1. The number of rotatable bonds is 4. The standard InChI is InChI=1S/C18H14F3N3O4S/c19-18(20,21)29(27,28)14-3-1-13(2-4-14)24-15(25)17(7-8-17)23(16(24)26)11-12-5-9-22-10-6-12/h1-6,9-10H,7-8,11H2. The van der Waals surface area contributed by atoms with Crippen LogP contribution in [0.2, 0.25) is 0 Å². The zero-order valence-corrected chi connectivity index (χ0v) is 15.6. The molecule has 1 spiro atoms. The van der Waals surface area contributed by atoms with E-state index in [1.165, 1.54) is 4.90 Å². The highest BCUT2D eigenvalue weighted by Gasteiger charge is 2.65. The summed E-state index contributed by atoms with van der Waals surface area (Å²) in [7, 11) is -5.51. The topological polar surface area (TPSA) is 87.7 Å². The van der Waals surface area contributed by atoms with Crippen LogP contribution in [-0.4, -0.2) is 41.3 Å². The molecule has 152 valence electrons. The van der Waals surface area contributed by atoms with Gasteiger partial charge in [0.05, 0.1) is 10.6 Å². The predicted octanol–water partition coefficient (Wildman–Crippen LogP) is 2.88. The van der Waals surface area contributed by atoms with Crippen LogP contribution in [0, 0.1) is 0 Å². The summed E-state index contributed by atoms with van der Waals surface area (Å²) in [5.41, 5.74) is -5.60. The molecule has 0 bridgehead atoms. The maximum Gasteiger partial charge on any atom is 0.501 e. The zero-order chi connectivity index (χ0) is 21.0. The van der Waals surface area contributed by atoms with Gasteiger partial charge in [-0.05, 0) is 54.8 Å². The summed E-state index contributed by atoms with van der Waals surface area (Å²) in [6.45, 7) is 0.185. The number of halogens is 3. The highest BCUT2D eigenvalue weighted by atomic mass is 32.2. The molecule has 0 atom stereocenters. The van der Waals surface area contributed by atoms with Gasteiger partial charge in [0.1, 0.15) is 5.54 Å². The maximum atomic E-state index is 12.9. The van der Waals surface area contributed by atoms with E-state index < -0.39 is 37.7 Å². The van der Waals surface area contributed by atoms with Gasteiger partial charge < -0.3 is 4.90 Å². The Labute approximate surface area is 163 Å². The fourth-order valence-electron chi connectivity index (χ4n) is 3.34. The van der Waals surface area contributed by atoms with Gasteiger partial charge in [-0.3, -0.25) is 9.78 Å². The second kappa shape index (κ2) is 6.28. The number of nitrogens with zero attached hydrogens (tertiary/aromatic N) is 3. The monoisotopic (exact) mass is 425 g/mol. The lowest BCUT2D eigenvalue weighted by Gasteiger charge is -2.21. The van der Waals surface area contributed by atoms with Crippen molar-refractivity contribution in [3.05, 3.63) is 54.4 Å². The first-order valence-corrected chi connectivity index (χ1v) is 10.0. The predicted molar refractivity (Wildman–Crippen MR) is 94.3 cm³/mol. The summed E-state index contributed by atoms with van der Waals surface area (Å²) < 4.78 is 61.1. The number of carbonyl (C=O) groups is 2. The first-order valence-electron chi connectivity index (χ1n) is 8.54. The van der Waals surface area contributed by atoms with Crippen molar-refractivity contribution in [1.82, 2.24) is 9.88 Å². The van der Waals surface area contributed by atoms with Gasteiger partial charge in [0, 0.05) is 18.9 Å². The summed E-state index contributed by atoms with van der Waals surface area (Å²) in [6.07, 6.45) is 4.10. The number of sulfone groups is 1. The van der Waals surface area contributed by atoms with E-state index >= 15 is 0 Å². The molecule has 11 heteroatoms. The summed E-state index contributed by atoms with van der Waals surface area (Å²) in [4.78, 5) is 31.1. The zero-order valence-electron chi connectivity index (χ0n) is 14.8. The molecule has 2 aromatic rings. The Kier molecular flexibility index (Phi) is 4.19. The van der Waals surface area contributed by atoms with E-state index in [4.69, 9.17) is 0 Å². The van der Waals surface area contributed by atoms with Crippen molar-refractivity contribution in [3.63, 3.8) is 0 Å². The van der Waals surface area contributed by atoms with E-state index in [0.29, 0.717) is 12.8 Å². The van der Waals surface area contributed by atoms with Crippen LogP contribution in [0.4, 0.5) is 23.7 Å². The largest absolute Gasteiger partial charge is 0.501 e. The lowest BCUT2D eigenvalue weighted by atomic mass is 10.2. The van der Waals surface area contributed by atoms with Crippen LogP contribution in [0.1, 0.15) is 18.4 Å². The number of benzene rings is 1. The Hall–Kier alpha value is -2.95. The van der Waals surface area contributed by atoms with Gasteiger partial charge in [-0.25, -0.2) is 18.1 Å². The quantitative estimate of drug-likeness (QED) is 0.703. The third-order valence-corrected chi connectivity index (χ3v) is 6.57. The summed E-state index contributed by atoms with van der Waals surface area (Å²) in [5, 5.41) is 0. The van der Waals surface area contributed by atoms with Crippen molar-refractivity contribution < 1.29 is 31.2 Å². The third kappa shape index (κ3) is 2.96. The highest BCUT2D eigenvalue weighted by Crippen LogP contribution is 2.49. The first-order chi connectivity index (χ1) is 13.6. The van der Waals surface area contributed by atoms with Crippen molar-refractivity contribution in [2.45, 2.75) is 35.3 Å². The molecule has 4 rings (SSSR count). The fraction of sp³-hybridized carbons (Fsp3) is 0.278. The van der Waals surface area contributed by atoms with E-state index in [1.807, 2.05) is 0 Å². The molecule has 3 amide bonds. The smallest absolute Gasteiger partial charge is 0.305 e. The number of urea groups is 1. The number of hydrogen-bond donors (Lipinski definition) is 0. The van der Waals surface area contributed by atoms with Gasteiger partial charge in [0.25, 0.3) is 15.7 Å². The van der Waals surface area contributed by atoms with Gasteiger partial charge in [-0.15, -0.1) is 0 Å². The summed E-state index contributed by atoms with van der Waals surface area (Å²) >= 11 is 0. The van der Waals surface area contributed by atoms with Gasteiger partial charge in [-0.2, -0.15) is 13.2 Å². The van der Waals surface area contributed by atoms with Crippen LogP contribution >= 0.6 is 0 Å². The molecule has 1 aromatic heterocycles. The van der Waals surface area contributed by atoms with Crippen LogP contribution in [0.5, 0.6) is 0 Å². The van der Waals surface area contributed by atoms with E-state index in [1.54, 1.807) is 24.5 Å². The van der Waals surface area contributed by atoms with Gasteiger partial charge in [0.15, 0.2) is 0 Å². The average Bonchev–Trinajstić information content (AvgIpc) is 3.45. The fourth-order valence-corrected chi connectivity index (χ4v) is 4.10. The highest BCUT2D eigenvalue weighted by molar-refractivity contribution is 7.92. The molecule has 1 aliphatic carbocycles. The number of carbonyl (C=O) groups excluding carboxylic acids is 2. The number of hydrogen-bond acceptors (Lipinski definition) is 5. The molecule has 2 aliphatic rings. The molecule has 2 heterocycles. The van der Waals surface area contributed by atoms with Gasteiger partial charge in [0.2, 0.25) is 0 Å². The molecule has 0 N–H and O–H groups in total. The first kappa shape index (κ1) is 19.4. The Morgan fingerprint density at radius 1 is 1.00 bits per heavy atom. The third-order valence-electron chi connectivity index (χ3n) is 5.06. The van der Waals surface area contributed by atoms with E-state index in [-0.39, 0.29) is 12.2 Å².